The topological polar surface area (TPSA) is 35.6 Å². The maximum absolute atomic E-state index is 14.0. The van der Waals surface area contributed by atoms with E-state index in [1.807, 2.05) is 11.8 Å². The highest BCUT2D eigenvalue weighted by atomic mass is 32.2. The van der Waals surface area contributed by atoms with Crippen LogP contribution in [0.1, 0.15) is 77.5 Å². The largest absolute Gasteiger partial charge is 0.354 e. The van der Waals surface area contributed by atoms with Crippen molar-refractivity contribution in [2.75, 3.05) is 57.3 Å². The molecule has 0 atom stereocenters. The minimum atomic E-state index is -0.536. The number of benzene rings is 7. The summed E-state index contributed by atoms with van der Waals surface area (Å²) in [7, 11) is 0. The molecular weight excluding hydrogens is 867 g/mol. The van der Waals surface area contributed by atoms with Gasteiger partial charge in [0.25, 0.3) is 0 Å². The van der Waals surface area contributed by atoms with Crippen LogP contribution in [0.25, 0.3) is 0 Å². The predicted octanol–water partition coefficient (Wildman–Crippen LogP) is 13.4. The number of rotatable bonds is 25. The second kappa shape index (κ2) is 25.8. The third kappa shape index (κ3) is 13.0. The van der Waals surface area contributed by atoms with Crippen LogP contribution in [-0.2, 0) is 20.7 Å². The van der Waals surface area contributed by atoms with Crippen molar-refractivity contribution in [1.29, 1.82) is 0 Å². The fraction of sp³-hybridized carbons (Fsp3) is 0.306. The molecule has 7 aromatic carbocycles. The number of hydrogen-bond donors (Lipinski definition) is 1. The molecule has 0 unspecified atom stereocenters. The van der Waals surface area contributed by atoms with Gasteiger partial charge < -0.3 is 15.1 Å². The predicted molar refractivity (Wildman–Crippen MR) is 291 cm³/mol. The van der Waals surface area contributed by atoms with E-state index in [2.05, 4.69) is 227 Å². The molecule has 6 heteroatoms. The molecule has 1 fully saturated rings. The first kappa shape index (κ1) is 49.1. The summed E-state index contributed by atoms with van der Waals surface area (Å²) in [6, 6.07) is 76.0. The number of piperidine rings is 1. The van der Waals surface area contributed by atoms with Gasteiger partial charge in [-0.3, -0.25) is 4.79 Å². The number of nitrogens with zero attached hydrogens (tertiary/aromatic N) is 2. The second-order valence-corrected chi connectivity index (χ2v) is 20.8. The minimum absolute atomic E-state index is 0.0665. The molecule has 0 radical (unpaired) electrons. The maximum atomic E-state index is 14.0. The Balaban J connectivity index is 0.910. The van der Waals surface area contributed by atoms with E-state index < -0.39 is 4.75 Å². The molecule has 68 heavy (non-hydrogen) atoms. The number of hydrogen-bond acceptors (Lipinski definition) is 5. The van der Waals surface area contributed by atoms with Crippen LogP contribution in [0.2, 0.25) is 0 Å². The van der Waals surface area contributed by atoms with Crippen molar-refractivity contribution in [2.24, 2.45) is 5.92 Å². The molecule has 0 aliphatic carbocycles. The summed E-state index contributed by atoms with van der Waals surface area (Å²) < 4.78 is -0.897. The number of amides is 1. The quantitative estimate of drug-likeness (QED) is 0.0456. The third-order valence-corrected chi connectivity index (χ3v) is 16.8. The number of nitrogens with one attached hydrogen (secondary N) is 1. The van der Waals surface area contributed by atoms with Crippen LogP contribution >= 0.6 is 23.5 Å². The van der Waals surface area contributed by atoms with Crippen LogP contribution in [0.4, 0.5) is 0 Å². The molecule has 1 saturated heterocycles. The molecule has 4 nitrogen and oxygen atoms in total. The highest BCUT2D eigenvalue weighted by Crippen LogP contribution is 2.49. The fourth-order valence-electron chi connectivity index (χ4n) is 10.2. The van der Waals surface area contributed by atoms with E-state index in [1.165, 1.54) is 97.1 Å². The first-order chi connectivity index (χ1) is 33.6. The van der Waals surface area contributed by atoms with Gasteiger partial charge in [0, 0.05) is 25.4 Å². The lowest BCUT2D eigenvalue weighted by molar-refractivity contribution is -0.118. The summed E-state index contributed by atoms with van der Waals surface area (Å²) in [5, 5.41) is 3.37. The van der Waals surface area contributed by atoms with Crippen molar-refractivity contribution in [3.05, 3.63) is 251 Å². The zero-order valence-electron chi connectivity index (χ0n) is 39.7. The number of likely N-dealkylation sites (tertiary alicyclic amines) is 1. The van der Waals surface area contributed by atoms with Crippen molar-refractivity contribution >= 4 is 29.4 Å². The van der Waals surface area contributed by atoms with Gasteiger partial charge in [0.05, 0.1) is 15.2 Å². The second-order valence-electron chi connectivity index (χ2n) is 18.3. The summed E-state index contributed by atoms with van der Waals surface area (Å²) in [5.41, 5.74) is 8.85. The molecule has 1 heterocycles. The SMILES string of the molecule is O=C(CSC(c1ccccc1)(c1ccccc1)c1ccccc1)NCCN(CCCCCCN1CCC(Cc2ccccc2)CC1)CCSC(c1ccccc1)(c1ccccc1)c1ccccc1. The lowest BCUT2D eigenvalue weighted by Crippen LogP contribution is -2.38. The van der Waals surface area contributed by atoms with Crippen LogP contribution in [-0.4, -0.2) is 73.0 Å². The van der Waals surface area contributed by atoms with E-state index in [0.717, 1.165) is 37.7 Å². The third-order valence-electron chi connectivity index (χ3n) is 13.8. The monoisotopic (exact) mass is 935 g/mol. The van der Waals surface area contributed by atoms with Gasteiger partial charge >= 0.3 is 0 Å². The van der Waals surface area contributed by atoms with Gasteiger partial charge in [-0.1, -0.05) is 225 Å². The van der Waals surface area contributed by atoms with Gasteiger partial charge in [-0.2, -0.15) is 0 Å². The standard InChI is InChI=1S/C62H69N3OS2/c66-60(51-68-62(57-34-18-7-19-35-57,58-36-20-8-21-37-58)59-38-22-9-23-39-59)63-42-47-65(44-25-2-1-24-43-64-45-40-53(41-46-64)50-52-26-10-3-11-27-52)48-49-67-61(54-28-12-4-13-29-54,55-30-14-5-15-31-55)56-32-16-6-17-33-56/h3-23,26-39,53H,1-2,24-25,40-51H2,(H,63,66). The molecule has 7 aromatic rings. The number of unbranched alkanes of at least 4 members (excludes halogenated alkanes) is 3. The summed E-state index contributed by atoms with van der Waals surface area (Å²) in [4.78, 5) is 19.3. The van der Waals surface area contributed by atoms with Crippen LogP contribution in [0.3, 0.4) is 0 Å². The maximum Gasteiger partial charge on any atom is 0.230 e. The normalized spacial score (nSPS) is 13.7. The molecule has 8 rings (SSSR count). The first-order valence-electron chi connectivity index (χ1n) is 25.0. The van der Waals surface area contributed by atoms with Gasteiger partial charge in [0.15, 0.2) is 0 Å². The molecule has 1 amide bonds. The molecule has 1 aliphatic heterocycles. The van der Waals surface area contributed by atoms with E-state index in [-0.39, 0.29) is 10.7 Å². The lowest BCUT2D eigenvalue weighted by atomic mass is 9.84. The van der Waals surface area contributed by atoms with E-state index in [4.69, 9.17) is 0 Å². The molecule has 0 saturated carbocycles. The Hall–Kier alpha value is -5.37. The van der Waals surface area contributed by atoms with Crippen LogP contribution < -0.4 is 5.32 Å². The number of thioether (sulfide) groups is 2. The van der Waals surface area contributed by atoms with E-state index >= 15 is 0 Å². The average Bonchev–Trinajstić information content (AvgIpc) is 3.41. The van der Waals surface area contributed by atoms with Gasteiger partial charge in [-0.05, 0) is 103 Å². The zero-order valence-corrected chi connectivity index (χ0v) is 41.4. The molecule has 0 aromatic heterocycles. The van der Waals surface area contributed by atoms with Gasteiger partial charge in [0.1, 0.15) is 0 Å². The summed E-state index contributed by atoms with van der Waals surface area (Å²) >= 11 is 3.73. The van der Waals surface area contributed by atoms with Crippen molar-refractivity contribution in [2.45, 2.75) is 54.4 Å². The van der Waals surface area contributed by atoms with E-state index in [0.29, 0.717) is 12.3 Å². The molecule has 1 N–H and O–H groups in total. The molecule has 1 aliphatic rings. The minimum Gasteiger partial charge on any atom is -0.354 e. The highest BCUT2D eigenvalue weighted by molar-refractivity contribution is 8.01. The van der Waals surface area contributed by atoms with Crippen molar-refractivity contribution in [3.63, 3.8) is 0 Å². The van der Waals surface area contributed by atoms with Crippen molar-refractivity contribution in [3.8, 4) is 0 Å². The summed E-state index contributed by atoms with van der Waals surface area (Å²) in [5.74, 6) is 2.16. The smallest absolute Gasteiger partial charge is 0.230 e. The van der Waals surface area contributed by atoms with Gasteiger partial charge in [-0.15, -0.1) is 23.5 Å². The van der Waals surface area contributed by atoms with Gasteiger partial charge in [0.2, 0.25) is 5.91 Å². The van der Waals surface area contributed by atoms with Crippen LogP contribution in [0.5, 0.6) is 0 Å². The Kier molecular flexibility index (Phi) is 18.6. The number of carbonyl (C=O) groups is 1. The number of carbonyl (C=O) groups excluding carboxylic acids is 1. The summed E-state index contributed by atoms with van der Waals surface area (Å²) in [6.45, 7) is 7.05. The van der Waals surface area contributed by atoms with E-state index in [1.54, 1.807) is 11.8 Å². The van der Waals surface area contributed by atoms with Gasteiger partial charge in [-0.25, -0.2) is 0 Å². The zero-order chi connectivity index (χ0) is 46.5. The Morgan fingerprint density at radius 3 is 1.32 bits per heavy atom. The Morgan fingerprint density at radius 1 is 0.485 bits per heavy atom. The van der Waals surface area contributed by atoms with Crippen molar-refractivity contribution in [1.82, 2.24) is 15.1 Å². The lowest BCUT2D eigenvalue weighted by Gasteiger charge is -2.36. The highest BCUT2D eigenvalue weighted by Gasteiger charge is 2.38. The fourth-order valence-corrected chi connectivity index (χ4v) is 13.1. The van der Waals surface area contributed by atoms with Crippen LogP contribution in [0, 0.1) is 5.92 Å². The summed E-state index contributed by atoms with van der Waals surface area (Å²) in [6.07, 6.45) is 8.73. The molecule has 350 valence electrons. The van der Waals surface area contributed by atoms with E-state index in [9.17, 15) is 4.79 Å². The first-order valence-corrected chi connectivity index (χ1v) is 27.0. The van der Waals surface area contributed by atoms with Crippen LogP contribution in [0.15, 0.2) is 212 Å². The Labute approximate surface area is 416 Å². The molecular formula is C62H69N3OS2. The average molecular weight is 936 g/mol. The molecule has 0 spiro atoms. The Bertz CT molecular complexity index is 2280. The van der Waals surface area contributed by atoms with Crippen molar-refractivity contribution < 1.29 is 4.79 Å². The Morgan fingerprint density at radius 2 is 0.882 bits per heavy atom. The molecule has 0 bridgehead atoms.